The molecule has 1 aromatic carbocycles. The molecule has 1 aliphatic rings. The summed E-state index contributed by atoms with van der Waals surface area (Å²) < 4.78 is 13.9. The van der Waals surface area contributed by atoms with Crippen LogP contribution >= 0.6 is 0 Å². The Morgan fingerprint density at radius 1 is 1.53 bits per heavy atom. The lowest BCUT2D eigenvalue weighted by Gasteiger charge is -2.31. The molecular weight excluding hydrogens is 251 g/mol. The Hall–Kier alpha value is -1.53. The molecule has 0 saturated carbocycles. The third kappa shape index (κ3) is 3.27. The number of nitro groups is 1. The highest BCUT2D eigenvalue weighted by Crippen LogP contribution is 2.23. The molecule has 1 atom stereocenters. The zero-order valence-electron chi connectivity index (χ0n) is 10.6. The molecule has 19 heavy (non-hydrogen) atoms. The van der Waals surface area contributed by atoms with Gasteiger partial charge in [0, 0.05) is 31.3 Å². The van der Waals surface area contributed by atoms with Crippen molar-refractivity contribution in [3.05, 3.63) is 39.7 Å². The van der Waals surface area contributed by atoms with Gasteiger partial charge in [0.2, 0.25) is 5.82 Å². The van der Waals surface area contributed by atoms with Gasteiger partial charge in [-0.2, -0.15) is 4.39 Å². The molecule has 1 heterocycles. The van der Waals surface area contributed by atoms with Crippen LogP contribution in [0.5, 0.6) is 0 Å². The molecule has 0 amide bonds. The number of hydrogen-bond donors (Lipinski definition) is 1. The first-order chi connectivity index (χ1) is 9.11. The summed E-state index contributed by atoms with van der Waals surface area (Å²) in [6, 6.07) is 4.25. The lowest BCUT2D eigenvalue weighted by Crippen LogP contribution is -2.36. The third-order valence-electron chi connectivity index (χ3n) is 3.51. The SMILES string of the molecule is O=[N+]([O-])c1cccc(CN2CCCC(CO)C2)c1F. The summed E-state index contributed by atoms with van der Waals surface area (Å²) in [5, 5.41) is 19.8. The maximum absolute atomic E-state index is 13.9. The highest BCUT2D eigenvalue weighted by atomic mass is 19.1. The van der Waals surface area contributed by atoms with Crippen molar-refractivity contribution in [3.63, 3.8) is 0 Å². The molecule has 0 radical (unpaired) electrons. The van der Waals surface area contributed by atoms with Crippen LogP contribution in [-0.4, -0.2) is 34.6 Å². The summed E-state index contributed by atoms with van der Waals surface area (Å²) in [6.07, 6.45) is 1.94. The maximum Gasteiger partial charge on any atom is 0.305 e. The molecule has 0 aromatic heterocycles. The van der Waals surface area contributed by atoms with Crippen molar-refractivity contribution >= 4 is 5.69 Å². The molecule has 104 valence electrons. The fourth-order valence-corrected chi connectivity index (χ4v) is 2.51. The summed E-state index contributed by atoms with van der Waals surface area (Å²) in [4.78, 5) is 12.0. The largest absolute Gasteiger partial charge is 0.396 e. The van der Waals surface area contributed by atoms with Gasteiger partial charge < -0.3 is 5.11 Å². The molecule has 1 unspecified atom stereocenters. The highest BCUT2D eigenvalue weighted by molar-refractivity contribution is 5.36. The Labute approximate surface area is 110 Å². The second kappa shape index (κ2) is 6.08. The number of halogens is 1. The van der Waals surface area contributed by atoms with E-state index in [0.29, 0.717) is 18.7 Å². The highest BCUT2D eigenvalue weighted by Gasteiger charge is 2.22. The van der Waals surface area contributed by atoms with Gasteiger partial charge in [-0.15, -0.1) is 0 Å². The molecule has 6 heteroatoms. The van der Waals surface area contributed by atoms with Gasteiger partial charge in [-0.1, -0.05) is 12.1 Å². The molecule has 1 aliphatic heterocycles. The van der Waals surface area contributed by atoms with Gasteiger partial charge in [0.15, 0.2) is 0 Å². The maximum atomic E-state index is 13.9. The van der Waals surface area contributed by atoms with Gasteiger partial charge in [0.05, 0.1) is 4.92 Å². The van der Waals surface area contributed by atoms with Crippen LogP contribution < -0.4 is 0 Å². The van der Waals surface area contributed by atoms with Crippen LogP contribution in [0.3, 0.4) is 0 Å². The van der Waals surface area contributed by atoms with Crippen LogP contribution in [0.1, 0.15) is 18.4 Å². The van der Waals surface area contributed by atoms with Gasteiger partial charge in [0.1, 0.15) is 0 Å². The van der Waals surface area contributed by atoms with E-state index in [9.17, 15) is 14.5 Å². The number of nitro benzene ring substituents is 1. The molecule has 0 aliphatic carbocycles. The lowest BCUT2D eigenvalue weighted by atomic mass is 9.98. The number of rotatable bonds is 4. The predicted molar refractivity (Wildman–Crippen MR) is 68.1 cm³/mol. The van der Waals surface area contributed by atoms with E-state index in [2.05, 4.69) is 0 Å². The van der Waals surface area contributed by atoms with E-state index < -0.39 is 16.4 Å². The van der Waals surface area contributed by atoms with Gasteiger partial charge in [0.25, 0.3) is 0 Å². The van der Waals surface area contributed by atoms with E-state index >= 15 is 0 Å². The van der Waals surface area contributed by atoms with Crippen LogP contribution in [-0.2, 0) is 6.54 Å². The fraction of sp³-hybridized carbons (Fsp3) is 0.538. The Morgan fingerprint density at radius 3 is 3.00 bits per heavy atom. The molecule has 5 nitrogen and oxygen atoms in total. The summed E-state index contributed by atoms with van der Waals surface area (Å²) in [6.45, 7) is 2.02. The Morgan fingerprint density at radius 2 is 2.32 bits per heavy atom. The summed E-state index contributed by atoms with van der Waals surface area (Å²) >= 11 is 0. The zero-order chi connectivity index (χ0) is 13.8. The minimum absolute atomic E-state index is 0.133. The van der Waals surface area contributed by atoms with Gasteiger partial charge >= 0.3 is 5.69 Å². The molecule has 1 N–H and O–H groups in total. The van der Waals surface area contributed by atoms with Crippen LogP contribution in [0.4, 0.5) is 10.1 Å². The molecule has 0 spiro atoms. The van der Waals surface area contributed by atoms with Crippen molar-refractivity contribution in [2.24, 2.45) is 5.92 Å². The first kappa shape index (κ1) is 13.9. The minimum Gasteiger partial charge on any atom is -0.396 e. The molecule has 1 aromatic rings. The monoisotopic (exact) mass is 268 g/mol. The van der Waals surface area contributed by atoms with Crippen molar-refractivity contribution in [1.82, 2.24) is 4.90 Å². The fourth-order valence-electron chi connectivity index (χ4n) is 2.51. The minimum atomic E-state index is -0.751. The van der Waals surface area contributed by atoms with Crippen LogP contribution in [0, 0.1) is 21.8 Å². The molecule has 0 bridgehead atoms. The first-order valence-corrected chi connectivity index (χ1v) is 6.36. The van der Waals surface area contributed by atoms with Gasteiger partial charge in [-0.25, -0.2) is 0 Å². The summed E-state index contributed by atoms with van der Waals surface area (Å²) in [7, 11) is 0. The number of aliphatic hydroxyl groups excluding tert-OH is 1. The van der Waals surface area contributed by atoms with Crippen molar-refractivity contribution in [2.75, 3.05) is 19.7 Å². The summed E-state index contributed by atoms with van der Waals surface area (Å²) in [5.41, 5.74) is -0.138. The number of piperidine rings is 1. The smallest absolute Gasteiger partial charge is 0.305 e. The van der Waals surface area contributed by atoms with E-state index in [1.807, 2.05) is 4.90 Å². The van der Waals surface area contributed by atoms with Crippen LogP contribution in [0.15, 0.2) is 18.2 Å². The number of benzene rings is 1. The average molecular weight is 268 g/mol. The van der Waals surface area contributed by atoms with Crippen molar-refractivity contribution in [1.29, 1.82) is 0 Å². The number of hydrogen-bond acceptors (Lipinski definition) is 4. The zero-order valence-corrected chi connectivity index (χ0v) is 10.6. The van der Waals surface area contributed by atoms with Crippen molar-refractivity contribution in [2.45, 2.75) is 19.4 Å². The van der Waals surface area contributed by atoms with Crippen LogP contribution in [0.2, 0.25) is 0 Å². The second-order valence-corrected chi connectivity index (χ2v) is 4.93. The van der Waals surface area contributed by atoms with Crippen molar-refractivity contribution < 1.29 is 14.4 Å². The molecule has 2 rings (SSSR count). The van der Waals surface area contributed by atoms with E-state index in [0.717, 1.165) is 19.4 Å². The van der Waals surface area contributed by atoms with Gasteiger partial charge in [-0.3, -0.25) is 15.0 Å². The topological polar surface area (TPSA) is 66.6 Å². The quantitative estimate of drug-likeness (QED) is 0.669. The molecule has 1 saturated heterocycles. The van der Waals surface area contributed by atoms with E-state index in [-0.39, 0.29) is 12.5 Å². The molecular formula is C13H17FN2O3. The van der Waals surface area contributed by atoms with E-state index in [1.165, 1.54) is 12.1 Å². The molecule has 1 fully saturated rings. The van der Waals surface area contributed by atoms with Crippen molar-refractivity contribution in [3.8, 4) is 0 Å². The number of nitrogens with zero attached hydrogens (tertiary/aromatic N) is 2. The standard InChI is InChI=1S/C13H17FN2O3/c14-13-11(4-1-5-12(13)16(18)19)8-15-6-2-3-10(7-15)9-17/h1,4-5,10,17H,2-3,6-9H2. The van der Waals surface area contributed by atoms with E-state index in [1.54, 1.807) is 6.07 Å². The summed E-state index contributed by atoms with van der Waals surface area (Å²) in [5.74, 6) is -0.533. The van der Waals surface area contributed by atoms with Crippen LogP contribution in [0.25, 0.3) is 0 Å². The third-order valence-corrected chi connectivity index (χ3v) is 3.51. The number of likely N-dealkylation sites (tertiary alicyclic amines) is 1. The normalized spacial score (nSPS) is 20.4. The first-order valence-electron chi connectivity index (χ1n) is 6.36. The average Bonchev–Trinajstić information content (AvgIpc) is 2.41. The van der Waals surface area contributed by atoms with Gasteiger partial charge in [-0.05, 0) is 25.3 Å². The Balaban J connectivity index is 2.10. The lowest BCUT2D eigenvalue weighted by molar-refractivity contribution is -0.387. The van der Waals surface area contributed by atoms with E-state index in [4.69, 9.17) is 5.11 Å². The predicted octanol–water partition coefficient (Wildman–Crippen LogP) is 1.94. The Bertz CT molecular complexity index is 467. The number of aliphatic hydroxyl groups is 1. The second-order valence-electron chi connectivity index (χ2n) is 4.93. The Kier molecular flexibility index (Phi) is 4.44.